The van der Waals surface area contributed by atoms with Crippen molar-refractivity contribution >= 4 is 28.9 Å². The molecule has 1 aliphatic heterocycles. The number of allylic oxidation sites excluding steroid dienone is 1. The van der Waals surface area contributed by atoms with E-state index in [-0.39, 0.29) is 30.3 Å². The maximum atomic E-state index is 13.0. The molecule has 36 heavy (non-hydrogen) atoms. The molecule has 0 N–H and O–H groups in total. The van der Waals surface area contributed by atoms with E-state index in [0.717, 1.165) is 0 Å². The Morgan fingerprint density at radius 1 is 1.31 bits per heavy atom. The van der Waals surface area contributed by atoms with Gasteiger partial charge in [-0.15, -0.1) is 6.58 Å². The number of carbonyl (C=O) groups is 1. The molecular formula is C25H32N6O4S. The number of piperidine rings is 1. The van der Waals surface area contributed by atoms with Gasteiger partial charge in [-0.1, -0.05) is 23.9 Å². The van der Waals surface area contributed by atoms with Crippen molar-refractivity contribution in [2.24, 2.45) is 0 Å². The van der Waals surface area contributed by atoms with Gasteiger partial charge in [-0.05, 0) is 40.0 Å². The second-order valence-electron chi connectivity index (χ2n) is 9.70. The van der Waals surface area contributed by atoms with Crippen molar-refractivity contribution in [3.05, 3.63) is 47.4 Å². The van der Waals surface area contributed by atoms with E-state index in [0.29, 0.717) is 47.3 Å². The van der Waals surface area contributed by atoms with E-state index in [1.807, 2.05) is 40.0 Å². The number of aromatic nitrogens is 5. The van der Waals surface area contributed by atoms with Gasteiger partial charge in [0.15, 0.2) is 16.6 Å². The fourth-order valence-corrected chi connectivity index (χ4v) is 4.55. The van der Waals surface area contributed by atoms with E-state index in [2.05, 4.69) is 16.5 Å². The van der Waals surface area contributed by atoms with Gasteiger partial charge in [0.2, 0.25) is 5.88 Å². The zero-order chi connectivity index (χ0) is 26.0. The van der Waals surface area contributed by atoms with Crippen molar-refractivity contribution < 1.29 is 14.3 Å². The Balaban J connectivity index is 1.58. The number of nitrogens with zero attached hydrogens (tertiary/aromatic N) is 6. The number of likely N-dealkylation sites (tertiary alicyclic amines) is 1. The fourth-order valence-electron chi connectivity index (χ4n) is 4.22. The smallest absolute Gasteiger partial charge is 0.410 e. The molecule has 0 spiro atoms. The molecule has 10 nitrogen and oxygen atoms in total. The Bertz CT molecular complexity index is 1330. The minimum Gasteiger partial charge on any atom is -0.474 e. The number of thioether (sulfide) groups is 1. The van der Waals surface area contributed by atoms with Gasteiger partial charge >= 0.3 is 6.09 Å². The molecular weight excluding hydrogens is 480 g/mol. The van der Waals surface area contributed by atoms with Gasteiger partial charge in [0.1, 0.15) is 17.1 Å². The lowest BCUT2D eigenvalue weighted by molar-refractivity contribution is -0.00150. The fraction of sp³-hybridized carbons (Fsp3) is 0.480. The summed E-state index contributed by atoms with van der Waals surface area (Å²) in [7, 11) is 0. The Hall–Kier alpha value is -3.34. The van der Waals surface area contributed by atoms with E-state index in [9.17, 15) is 9.59 Å². The average molecular weight is 513 g/mol. The normalized spacial score (nSPS) is 18.3. The third-order valence-corrected chi connectivity index (χ3v) is 6.37. The van der Waals surface area contributed by atoms with Crippen molar-refractivity contribution in [3.63, 3.8) is 0 Å². The number of amides is 1. The molecule has 1 aliphatic rings. The van der Waals surface area contributed by atoms with Crippen LogP contribution in [0.3, 0.4) is 0 Å². The van der Waals surface area contributed by atoms with E-state index >= 15 is 0 Å². The number of ether oxygens (including phenoxy) is 2. The first-order valence-corrected chi connectivity index (χ1v) is 13.1. The first-order chi connectivity index (χ1) is 17.1. The highest BCUT2D eigenvalue weighted by molar-refractivity contribution is 7.98. The molecule has 3 aromatic rings. The molecule has 0 radical (unpaired) electrons. The van der Waals surface area contributed by atoms with Crippen LogP contribution in [0.1, 0.15) is 40.5 Å². The number of fused-ring (bicyclic) bond motifs is 1. The van der Waals surface area contributed by atoms with E-state index in [1.54, 1.807) is 34.0 Å². The Morgan fingerprint density at radius 3 is 2.75 bits per heavy atom. The van der Waals surface area contributed by atoms with Crippen LogP contribution in [-0.4, -0.2) is 65.9 Å². The molecule has 3 aromatic heterocycles. The Labute approximate surface area is 214 Å². The lowest BCUT2D eigenvalue weighted by atomic mass is 10.0. The van der Waals surface area contributed by atoms with Crippen molar-refractivity contribution in [1.29, 1.82) is 0 Å². The largest absolute Gasteiger partial charge is 0.474 e. The molecule has 1 unspecified atom stereocenters. The van der Waals surface area contributed by atoms with Gasteiger partial charge < -0.3 is 14.4 Å². The first-order valence-electron chi connectivity index (χ1n) is 11.9. The van der Waals surface area contributed by atoms with Crippen molar-refractivity contribution in [2.75, 3.05) is 12.8 Å². The predicted octanol–water partition coefficient (Wildman–Crippen LogP) is 4.05. The molecule has 1 saturated heterocycles. The van der Waals surface area contributed by atoms with Gasteiger partial charge in [-0.2, -0.15) is 4.98 Å². The van der Waals surface area contributed by atoms with Crippen LogP contribution >= 0.6 is 11.8 Å². The van der Waals surface area contributed by atoms with Crippen LogP contribution in [0.4, 0.5) is 4.79 Å². The van der Waals surface area contributed by atoms with Crippen LogP contribution in [0.15, 0.2) is 47.0 Å². The van der Waals surface area contributed by atoms with Crippen LogP contribution < -0.4 is 10.3 Å². The van der Waals surface area contributed by atoms with Crippen LogP contribution in [-0.2, 0) is 11.3 Å². The second kappa shape index (κ2) is 10.3. The number of hydrogen-bond acceptors (Lipinski definition) is 8. The molecule has 1 amide bonds. The SMILES string of the molecule is C=CCn1c(=O)c2cnc(SC)nc2n1-c1cccc(O[C@H]2CCN(C(=O)OC(C)(C)C)C(C)C2)n1. The predicted molar refractivity (Wildman–Crippen MR) is 139 cm³/mol. The summed E-state index contributed by atoms with van der Waals surface area (Å²) in [5, 5.41) is 0.969. The monoisotopic (exact) mass is 512 g/mol. The third kappa shape index (κ3) is 5.40. The Kier molecular flexibility index (Phi) is 7.39. The molecule has 192 valence electrons. The molecule has 4 heterocycles. The summed E-state index contributed by atoms with van der Waals surface area (Å²) < 4.78 is 15.0. The quantitative estimate of drug-likeness (QED) is 0.277. The first kappa shape index (κ1) is 25.7. The van der Waals surface area contributed by atoms with Gasteiger partial charge in [-0.3, -0.25) is 4.79 Å². The van der Waals surface area contributed by atoms with Crippen LogP contribution in [0.5, 0.6) is 5.88 Å². The lowest BCUT2D eigenvalue weighted by Gasteiger charge is -2.38. The van der Waals surface area contributed by atoms with Crippen molar-refractivity contribution in [1.82, 2.24) is 29.2 Å². The maximum Gasteiger partial charge on any atom is 0.410 e. The minimum absolute atomic E-state index is 0.0328. The highest BCUT2D eigenvalue weighted by atomic mass is 32.2. The van der Waals surface area contributed by atoms with Crippen LogP contribution in [0, 0.1) is 0 Å². The summed E-state index contributed by atoms with van der Waals surface area (Å²) in [5.74, 6) is 0.945. The minimum atomic E-state index is -0.537. The zero-order valence-corrected chi connectivity index (χ0v) is 22.1. The summed E-state index contributed by atoms with van der Waals surface area (Å²) in [4.78, 5) is 40.8. The van der Waals surface area contributed by atoms with E-state index < -0.39 is 5.60 Å². The molecule has 4 rings (SSSR count). The maximum absolute atomic E-state index is 13.0. The van der Waals surface area contributed by atoms with Crippen molar-refractivity contribution in [2.45, 2.75) is 70.0 Å². The van der Waals surface area contributed by atoms with Crippen molar-refractivity contribution in [3.8, 4) is 11.7 Å². The summed E-state index contributed by atoms with van der Waals surface area (Å²) in [6, 6.07) is 5.40. The molecule has 0 saturated carbocycles. The highest BCUT2D eigenvalue weighted by Crippen LogP contribution is 2.25. The zero-order valence-electron chi connectivity index (χ0n) is 21.3. The highest BCUT2D eigenvalue weighted by Gasteiger charge is 2.33. The number of carbonyl (C=O) groups excluding carboxylic acids is 1. The number of hydrogen-bond donors (Lipinski definition) is 0. The van der Waals surface area contributed by atoms with Gasteiger partial charge in [0.05, 0.1) is 6.54 Å². The number of pyridine rings is 1. The number of rotatable bonds is 6. The Morgan fingerprint density at radius 2 is 2.08 bits per heavy atom. The molecule has 0 bridgehead atoms. The summed E-state index contributed by atoms with van der Waals surface area (Å²) in [5.41, 5.74) is -0.274. The molecule has 2 atom stereocenters. The average Bonchev–Trinajstić information content (AvgIpc) is 3.09. The molecule has 0 aromatic carbocycles. The molecule has 1 fully saturated rings. The van der Waals surface area contributed by atoms with E-state index in [4.69, 9.17) is 14.5 Å². The topological polar surface area (TPSA) is 104 Å². The summed E-state index contributed by atoms with van der Waals surface area (Å²) in [6.07, 6.45) is 5.98. The van der Waals surface area contributed by atoms with Crippen LogP contribution in [0.2, 0.25) is 0 Å². The summed E-state index contributed by atoms with van der Waals surface area (Å²) >= 11 is 1.40. The van der Waals surface area contributed by atoms with E-state index in [1.165, 1.54) is 16.4 Å². The lowest BCUT2D eigenvalue weighted by Crippen LogP contribution is -2.49. The third-order valence-electron chi connectivity index (χ3n) is 5.81. The molecule has 0 aliphatic carbocycles. The van der Waals surface area contributed by atoms with Gasteiger partial charge in [0, 0.05) is 37.7 Å². The standard InChI is InChI=1S/C25H32N6O4S/c1-7-12-30-22(32)18-15-26-23(36-6)28-21(18)31(30)19-9-8-10-20(27-19)34-17-11-13-29(16(2)14-17)24(33)35-25(3,4)5/h7-10,15-17H,1,11-14H2,2-6H3/t16?,17-/m0/s1. The summed E-state index contributed by atoms with van der Waals surface area (Å²) in [6.45, 7) is 12.2. The second-order valence-corrected chi connectivity index (χ2v) is 10.5. The van der Waals surface area contributed by atoms with Gasteiger partial charge in [-0.25, -0.2) is 24.1 Å². The van der Waals surface area contributed by atoms with Gasteiger partial charge in [0.25, 0.3) is 5.56 Å². The molecule has 11 heteroatoms. The van der Waals surface area contributed by atoms with Crippen LogP contribution in [0.25, 0.3) is 16.9 Å².